The van der Waals surface area contributed by atoms with E-state index in [1.807, 2.05) is 0 Å². The Morgan fingerprint density at radius 2 is 1.79 bits per heavy atom. The average Bonchev–Trinajstić information content (AvgIpc) is 2.54. The molecule has 0 radical (unpaired) electrons. The van der Waals surface area contributed by atoms with Gasteiger partial charge in [0.05, 0.1) is 0 Å². The number of halogens is 3. The molecule has 14 heavy (non-hydrogen) atoms. The SMILES string of the molecule is Fc1cc(F)c(N2CCCN2)c(F)c1. The third-order valence-electron chi connectivity index (χ3n) is 2.11. The lowest BCUT2D eigenvalue weighted by molar-refractivity contribution is 0.535. The van der Waals surface area contributed by atoms with E-state index >= 15 is 0 Å². The number of nitrogens with zero attached hydrogens (tertiary/aromatic N) is 1. The van der Waals surface area contributed by atoms with Crippen LogP contribution in [0.5, 0.6) is 0 Å². The lowest BCUT2D eigenvalue weighted by Crippen LogP contribution is -2.32. The lowest BCUT2D eigenvalue weighted by Gasteiger charge is -2.18. The Bertz CT molecular complexity index is 325. The molecule has 2 nitrogen and oxygen atoms in total. The zero-order chi connectivity index (χ0) is 10.1. The van der Waals surface area contributed by atoms with Crippen LogP contribution in [-0.2, 0) is 0 Å². The molecule has 2 rings (SSSR count). The largest absolute Gasteiger partial charge is 0.303 e. The van der Waals surface area contributed by atoms with Gasteiger partial charge in [0.1, 0.15) is 11.5 Å². The van der Waals surface area contributed by atoms with Gasteiger partial charge in [0.15, 0.2) is 11.6 Å². The lowest BCUT2D eigenvalue weighted by atomic mass is 10.2. The van der Waals surface area contributed by atoms with Crippen molar-refractivity contribution in [3.05, 3.63) is 29.6 Å². The number of rotatable bonds is 1. The number of hydrogen-bond donors (Lipinski definition) is 1. The summed E-state index contributed by atoms with van der Waals surface area (Å²) in [5, 5.41) is 1.37. The Labute approximate surface area is 79.3 Å². The molecule has 0 amide bonds. The molecule has 5 heteroatoms. The zero-order valence-corrected chi connectivity index (χ0v) is 7.36. The highest BCUT2D eigenvalue weighted by Gasteiger charge is 2.20. The molecule has 0 aliphatic carbocycles. The number of nitrogens with one attached hydrogen (secondary N) is 1. The highest BCUT2D eigenvalue weighted by atomic mass is 19.1. The molecule has 0 unspecified atom stereocenters. The van der Waals surface area contributed by atoms with E-state index in [2.05, 4.69) is 5.43 Å². The highest BCUT2D eigenvalue weighted by molar-refractivity contribution is 5.48. The van der Waals surface area contributed by atoms with Gasteiger partial charge < -0.3 is 5.01 Å². The van der Waals surface area contributed by atoms with Gasteiger partial charge in [-0.15, -0.1) is 0 Å². The summed E-state index contributed by atoms with van der Waals surface area (Å²) in [6.45, 7) is 1.20. The summed E-state index contributed by atoms with van der Waals surface area (Å²) in [7, 11) is 0. The first-order valence-electron chi connectivity index (χ1n) is 4.34. The zero-order valence-electron chi connectivity index (χ0n) is 7.36. The molecule has 1 aromatic rings. The summed E-state index contributed by atoms with van der Waals surface area (Å²) < 4.78 is 39.0. The fourth-order valence-corrected chi connectivity index (χ4v) is 1.51. The van der Waals surface area contributed by atoms with E-state index in [1.165, 1.54) is 5.01 Å². The van der Waals surface area contributed by atoms with Crippen molar-refractivity contribution in [2.75, 3.05) is 18.1 Å². The molecular weight excluding hydrogens is 193 g/mol. The van der Waals surface area contributed by atoms with Crippen molar-refractivity contribution < 1.29 is 13.2 Å². The fraction of sp³-hybridized carbons (Fsp3) is 0.333. The van der Waals surface area contributed by atoms with Gasteiger partial charge in [-0.3, -0.25) is 0 Å². The van der Waals surface area contributed by atoms with E-state index in [-0.39, 0.29) is 5.69 Å². The summed E-state index contributed by atoms with van der Waals surface area (Å²) in [6, 6.07) is 1.36. The van der Waals surface area contributed by atoms with Crippen LogP contribution in [-0.4, -0.2) is 13.1 Å². The van der Waals surface area contributed by atoms with Crippen LogP contribution in [0.4, 0.5) is 18.9 Å². The molecule has 0 spiro atoms. The first-order chi connectivity index (χ1) is 6.68. The van der Waals surface area contributed by atoms with Gasteiger partial charge in [-0.1, -0.05) is 0 Å². The van der Waals surface area contributed by atoms with Crippen molar-refractivity contribution in [1.82, 2.24) is 5.43 Å². The molecule has 1 aromatic carbocycles. The van der Waals surface area contributed by atoms with E-state index < -0.39 is 17.5 Å². The fourth-order valence-electron chi connectivity index (χ4n) is 1.51. The van der Waals surface area contributed by atoms with Crippen LogP contribution in [0.2, 0.25) is 0 Å². The van der Waals surface area contributed by atoms with Crippen LogP contribution in [0.25, 0.3) is 0 Å². The van der Waals surface area contributed by atoms with Crippen LogP contribution in [0.3, 0.4) is 0 Å². The maximum Gasteiger partial charge on any atom is 0.153 e. The first kappa shape index (κ1) is 9.33. The highest BCUT2D eigenvalue weighted by Crippen LogP contribution is 2.24. The molecular formula is C9H9F3N2. The predicted molar refractivity (Wildman–Crippen MR) is 46.3 cm³/mol. The summed E-state index contributed by atoms with van der Waals surface area (Å²) in [4.78, 5) is 0. The van der Waals surface area contributed by atoms with Crippen LogP contribution < -0.4 is 10.4 Å². The molecule has 1 saturated heterocycles. The van der Waals surface area contributed by atoms with Gasteiger partial charge in [0.25, 0.3) is 0 Å². The van der Waals surface area contributed by atoms with Crippen molar-refractivity contribution in [2.24, 2.45) is 0 Å². The smallest absolute Gasteiger partial charge is 0.153 e. The van der Waals surface area contributed by atoms with Crippen LogP contribution in [0, 0.1) is 17.5 Å². The van der Waals surface area contributed by atoms with Crippen LogP contribution >= 0.6 is 0 Å². The second-order valence-electron chi connectivity index (χ2n) is 3.13. The average molecular weight is 202 g/mol. The van der Waals surface area contributed by atoms with Crippen molar-refractivity contribution in [2.45, 2.75) is 6.42 Å². The Balaban J connectivity index is 2.40. The summed E-state index contributed by atoms with van der Waals surface area (Å²) in [5.74, 6) is -2.66. The first-order valence-corrected chi connectivity index (χ1v) is 4.34. The van der Waals surface area contributed by atoms with E-state index in [4.69, 9.17) is 0 Å². The Morgan fingerprint density at radius 3 is 2.29 bits per heavy atom. The Morgan fingerprint density at radius 1 is 1.14 bits per heavy atom. The second kappa shape index (κ2) is 3.49. The molecule has 1 aliphatic heterocycles. The summed E-state index contributed by atoms with van der Waals surface area (Å²) in [5.41, 5.74) is 2.60. The van der Waals surface area contributed by atoms with E-state index in [1.54, 1.807) is 0 Å². The maximum atomic E-state index is 13.2. The van der Waals surface area contributed by atoms with Gasteiger partial charge >= 0.3 is 0 Å². The van der Waals surface area contributed by atoms with E-state index in [0.717, 1.165) is 6.42 Å². The molecule has 1 aliphatic rings. The molecule has 1 N–H and O–H groups in total. The number of hydrazine groups is 1. The van der Waals surface area contributed by atoms with Crippen molar-refractivity contribution in [3.63, 3.8) is 0 Å². The molecule has 0 saturated carbocycles. The van der Waals surface area contributed by atoms with Crippen molar-refractivity contribution >= 4 is 5.69 Å². The minimum absolute atomic E-state index is 0.205. The molecule has 1 fully saturated rings. The number of hydrogen-bond acceptors (Lipinski definition) is 2. The minimum atomic E-state index is -0.900. The Hall–Kier alpha value is -1.23. The van der Waals surface area contributed by atoms with Gasteiger partial charge in [-0.25, -0.2) is 18.6 Å². The summed E-state index contributed by atoms with van der Waals surface area (Å²) >= 11 is 0. The molecule has 0 atom stereocenters. The number of benzene rings is 1. The van der Waals surface area contributed by atoms with Gasteiger partial charge in [-0.2, -0.15) is 0 Å². The number of anilines is 1. The predicted octanol–water partition coefficient (Wildman–Crippen LogP) is 1.82. The second-order valence-corrected chi connectivity index (χ2v) is 3.13. The topological polar surface area (TPSA) is 15.3 Å². The summed E-state index contributed by atoms with van der Waals surface area (Å²) in [6.07, 6.45) is 0.816. The van der Waals surface area contributed by atoms with Crippen LogP contribution in [0.15, 0.2) is 12.1 Å². The van der Waals surface area contributed by atoms with Gasteiger partial charge in [0.2, 0.25) is 0 Å². The third-order valence-corrected chi connectivity index (χ3v) is 2.11. The van der Waals surface area contributed by atoms with Gasteiger partial charge in [-0.05, 0) is 6.42 Å². The van der Waals surface area contributed by atoms with E-state index in [0.29, 0.717) is 25.2 Å². The standard InChI is InChI=1S/C9H9F3N2/c10-6-4-7(11)9(8(12)5-6)14-3-1-2-13-14/h4-5,13H,1-3H2. The molecule has 0 aromatic heterocycles. The van der Waals surface area contributed by atoms with Crippen molar-refractivity contribution in [3.8, 4) is 0 Å². The third kappa shape index (κ3) is 1.55. The minimum Gasteiger partial charge on any atom is -0.303 e. The Kier molecular flexibility index (Phi) is 2.33. The monoisotopic (exact) mass is 202 g/mol. The van der Waals surface area contributed by atoms with E-state index in [9.17, 15) is 13.2 Å². The maximum absolute atomic E-state index is 13.2. The molecule has 1 heterocycles. The van der Waals surface area contributed by atoms with Crippen LogP contribution in [0.1, 0.15) is 6.42 Å². The normalized spacial score (nSPS) is 16.4. The molecule has 0 bridgehead atoms. The quantitative estimate of drug-likeness (QED) is 0.747. The van der Waals surface area contributed by atoms with Gasteiger partial charge in [0, 0.05) is 25.2 Å². The van der Waals surface area contributed by atoms with Crippen molar-refractivity contribution in [1.29, 1.82) is 0 Å². The molecule has 76 valence electrons.